The van der Waals surface area contributed by atoms with Gasteiger partial charge in [0.15, 0.2) is 5.78 Å². The second-order valence-corrected chi connectivity index (χ2v) is 4.60. The van der Waals surface area contributed by atoms with Gasteiger partial charge < -0.3 is 4.90 Å². The van der Waals surface area contributed by atoms with Gasteiger partial charge in [0, 0.05) is 23.9 Å². The highest BCUT2D eigenvalue weighted by Crippen LogP contribution is 2.34. The van der Waals surface area contributed by atoms with E-state index in [-0.39, 0.29) is 11.5 Å². The number of anilines is 2. The van der Waals surface area contributed by atoms with Crippen molar-refractivity contribution in [3.63, 3.8) is 0 Å². The monoisotopic (exact) mass is 284 g/mol. The van der Waals surface area contributed by atoms with E-state index < -0.39 is 4.92 Å². The largest absolute Gasteiger partial charge is 0.336 e. The highest BCUT2D eigenvalue weighted by Gasteiger charge is 2.21. The summed E-state index contributed by atoms with van der Waals surface area (Å²) in [5.41, 5.74) is 1.64. The van der Waals surface area contributed by atoms with E-state index >= 15 is 0 Å². The van der Waals surface area contributed by atoms with Crippen LogP contribution in [0.3, 0.4) is 0 Å². The normalized spacial score (nSPS) is 10.2. The summed E-state index contributed by atoms with van der Waals surface area (Å²) in [5, 5.41) is 11.3. The number of ketones is 1. The molecule has 108 valence electrons. The average molecular weight is 284 g/mol. The first-order valence-electron chi connectivity index (χ1n) is 6.66. The Morgan fingerprint density at radius 2 is 1.86 bits per heavy atom. The molecule has 2 rings (SSSR count). The molecule has 0 amide bonds. The molecule has 0 radical (unpaired) electrons. The van der Waals surface area contributed by atoms with Crippen LogP contribution in [0.25, 0.3) is 0 Å². The van der Waals surface area contributed by atoms with Crippen molar-refractivity contribution in [1.29, 1.82) is 0 Å². The molecule has 0 heterocycles. The van der Waals surface area contributed by atoms with Crippen LogP contribution in [-0.4, -0.2) is 17.3 Å². The highest BCUT2D eigenvalue weighted by atomic mass is 16.6. The Morgan fingerprint density at radius 1 is 1.19 bits per heavy atom. The molecule has 0 saturated heterocycles. The zero-order valence-electron chi connectivity index (χ0n) is 11.9. The standard InChI is InChI=1S/C16H16N2O3/c1-3-17(14-7-5-4-6-8-14)15-10-9-13(12(2)19)11-16(15)18(20)21/h4-11H,3H2,1-2H3. The average Bonchev–Trinajstić information content (AvgIpc) is 2.49. The van der Waals surface area contributed by atoms with Gasteiger partial charge in [-0.25, -0.2) is 0 Å². The van der Waals surface area contributed by atoms with Crippen molar-refractivity contribution in [2.24, 2.45) is 0 Å². The van der Waals surface area contributed by atoms with E-state index in [9.17, 15) is 14.9 Å². The van der Waals surface area contributed by atoms with Crippen LogP contribution in [0.5, 0.6) is 0 Å². The Labute approximate surface area is 123 Å². The second kappa shape index (κ2) is 6.17. The lowest BCUT2D eigenvalue weighted by molar-refractivity contribution is -0.384. The first-order valence-corrected chi connectivity index (χ1v) is 6.66. The van der Waals surface area contributed by atoms with Crippen LogP contribution in [0.4, 0.5) is 17.1 Å². The summed E-state index contributed by atoms with van der Waals surface area (Å²) >= 11 is 0. The third-order valence-corrected chi connectivity index (χ3v) is 3.25. The molecule has 0 aliphatic heterocycles. The van der Waals surface area contributed by atoms with Crippen LogP contribution < -0.4 is 4.90 Å². The Balaban J connectivity index is 2.56. The van der Waals surface area contributed by atoms with E-state index in [1.165, 1.54) is 13.0 Å². The van der Waals surface area contributed by atoms with E-state index in [0.29, 0.717) is 17.8 Å². The van der Waals surface area contributed by atoms with E-state index in [1.807, 2.05) is 42.2 Å². The summed E-state index contributed by atoms with van der Waals surface area (Å²) in [6.45, 7) is 3.91. The number of benzene rings is 2. The van der Waals surface area contributed by atoms with E-state index in [4.69, 9.17) is 0 Å². The van der Waals surface area contributed by atoms with Gasteiger partial charge in [0.1, 0.15) is 5.69 Å². The maximum atomic E-state index is 11.4. The molecule has 0 aliphatic rings. The molecule has 21 heavy (non-hydrogen) atoms. The van der Waals surface area contributed by atoms with Gasteiger partial charge in [-0.2, -0.15) is 0 Å². The van der Waals surface area contributed by atoms with Gasteiger partial charge in [-0.15, -0.1) is 0 Å². The van der Waals surface area contributed by atoms with E-state index in [2.05, 4.69) is 0 Å². The van der Waals surface area contributed by atoms with Crippen LogP contribution >= 0.6 is 0 Å². The topological polar surface area (TPSA) is 63.5 Å². The number of carbonyl (C=O) groups is 1. The van der Waals surface area contributed by atoms with Gasteiger partial charge in [0.05, 0.1) is 4.92 Å². The Bertz CT molecular complexity index is 668. The summed E-state index contributed by atoms with van der Waals surface area (Å²) in [6.07, 6.45) is 0. The fourth-order valence-corrected chi connectivity index (χ4v) is 2.22. The number of Topliss-reactive ketones (excluding diaryl/α,β-unsaturated/α-hetero) is 1. The number of nitrogens with zero attached hydrogens (tertiary/aromatic N) is 2. The quantitative estimate of drug-likeness (QED) is 0.473. The van der Waals surface area contributed by atoms with Gasteiger partial charge in [0.2, 0.25) is 0 Å². The predicted molar refractivity (Wildman–Crippen MR) is 82.2 cm³/mol. The molecule has 0 fully saturated rings. The Morgan fingerprint density at radius 3 is 2.38 bits per heavy atom. The summed E-state index contributed by atoms with van der Waals surface area (Å²) in [4.78, 5) is 24.1. The lowest BCUT2D eigenvalue weighted by Gasteiger charge is -2.23. The number of hydrogen-bond acceptors (Lipinski definition) is 4. The fraction of sp³-hybridized carbons (Fsp3) is 0.188. The lowest BCUT2D eigenvalue weighted by Crippen LogP contribution is -2.17. The number of hydrogen-bond donors (Lipinski definition) is 0. The molecule has 0 aromatic heterocycles. The van der Waals surface area contributed by atoms with Crippen molar-refractivity contribution in [2.45, 2.75) is 13.8 Å². The number of para-hydroxylation sites is 1. The minimum absolute atomic E-state index is 0.0617. The molecule has 0 spiro atoms. The van der Waals surface area contributed by atoms with Crippen molar-refractivity contribution in [3.05, 3.63) is 64.2 Å². The molecule has 5 heteroatoms. The van der Waals surface area contributed by atoms with Gasteiger partial charge in [-0.3, -0.25) is 14.9 Å². The van der Waals surface area contributed by atoms with Crippen molar-refractivity contribution < 1.29 is 9.72 Å². The molecule has 2 aromatic carbocycles. The summed E-state index contributed by atoms with van der Waals surface area (Å²) in [5.74, 6) is -0.188. The third-order valence-electron chi connectivity index (χ3n) is 3.25. The Kier molecular flexibility index (Phi) is 4.33. The van der Waals surface area contributed by atoms with E-state index in [0.717, 1.165) is 5.69 Å². The first kappa shape index (κ1) is 14.7. The van der Waals surface area contributed by atoms with Crippen LogP contribution in [0.1, 0.15) is 24.2 Å². The lowest BCUT2D eigenvalue weighted by atomic mass is 10.1. The number of nitro benzene ring substituents is 1. The van der Waals surface area contributed by atoms with Crippen LogP contribution in [0.15, 0.2) is 48.5 Å². The smallest absolute Gasteiger partial charge is 0.293 e. The molecule has 0 saturated carbocycles. The Hall–Kier alpha value is -2.69. The maximum Gasteiger partial charge on any atom is 0.293 e. The summed E-state index contributed by atoms with van der Waals surface area (Å²) in [7, 11) is 0. The van der Waals surface area contributed by atoms with Crippen molar-refractivity contribution in [1.82, 2.24) is 0 Å². The molecule has 2 aromatic rings. The number of carbonyl (C=O) groups excluding carboxylic acids is 1. The zero-order valence-corrected chi connectivity index (χ0v) is 11.9. The molecule has 5 nitrogen and oxygen atoms in total. The zero-order chi connectivity index (χ0) is 15.4. The predicted octanol–water partition coefficient (Wildman–Crippen LogP) is 3.96. The van der Waals surface area contributed by atoms with Crippen molar-refractivity contribution in [2.75, 3.05) is 11.4 Å². The number of rotatable bonds is 5. The first-order chi connectivity index (χ1) is 10.0. The van der Waals surface area contributed by atoms with Gasteiger partial charge in [-0.1, -0.05) is 18.2 Å². The summed E-state index contributed by atoms with van der Waals surface area (Å²) < 4.78 is 0. The molecule has 0 atom stereocenters. The van der Waals surface area contributed by atoms with Crippen LogP contribution in [0, 0.1) is 10.1 Å². The SMILES string of the molecule is CCN(c1ccccc1)c1ccc(C(C)=O)cc1[N+](=O)[O-]. The van der Waals surface area contributed by atoms with Crippen LogP contribution in [0.2, 0.25) is 0 Å². The number of nitro groups is 1. The highest BCUT2D eigenvalue weighted by molar-refractivity contribution is 5.95. The van der Waals surface area contributed by atoms with Crippen LogP contribution in [-0.2, 0) is 0 Å². The summed E-state index contributed by atoms with van der Waals surface area (Å²) in [6, 6.07) is 14.0. The molecule has 0 bridgehead atoms. The molecule has 0 aliphatic carbocycles. The van der Waals surface area contributed by atoms with Gasteiger partial charge >= 0.3 is 0 Å². The molecule has 0 N–H and O–H groups in total. The maximum absolute atomic E-state index is 11.4. The fourth-order valence-electron chi connectivity index (χ4n) is 2.22. The van der Waals surface area contributed by atoms with Crippen molar-refractivity contribution >= 4 is 22.8 Å². The minimum Gasteiger partial charge on any atom is -0.336 e. The molecule has 0 unspecified atom stereocenters. The van der Waals surface area contributed by atoms with E-state index in [1.54, 1.807) is 12.1 Å². The second-order valence-electron chi connectivity index (χ2n) is 4.60. The third kappa shape index (κ3) is 3.08. The van der Waals surface area contributed by atoms with Gasteiger partial charge in [0.25, 0.3) is 5.69 Å². The molecular weight excluding hydrogens is 268 g/mol. The molecular formula is C16H16N2O3. The minimum atomic E-state index is -0.451. The van der Waals surface area contributed by atoms with Gasteiger partial charge in [-0.05, 0) is 38.1 Å². The van der Waals surface area contributed by atoms with Crippen molar-refractivity contribution in [3.8, 4) is 0 Å².